The minimum atomic E-state index is -3.46. The number of ether oxygens (including phenoxy) is 1. The number of hydrogen-bond acceptors (Lipinski definition) is 3. The van der Waals surface area contributed by atoms with Gasteiger partial charge in [-0.15, -0.1) is 0 Å². The highest BCUT2D eigenvalue weighted by atomic mass is 32.2. The minimum absolute atomic E-state index is 0.240. The van der Waals surface area contributed by atoms with Crippen molar-refractivity contribution in [2.24, 2.45) is 0 Å². The van der Waals surface area contributed by atoms with E-state index in [0.29, 0.717) is 5.56 Å². The molecule has 21 heavy (non-hydrogen) atoms. The molecule has 0 saturated carbocycles. The van der Waals surface area contributed by atoms with Crippen molar-refractivity contribution in [1.29, 1.82) is 0 Å². The number of epoxide rings is 1. The molecular weight excluding hydrogens is 291 g/mol. The second kappa shape index (κ2) is 5.42. The van der Waals surface area contributed by atoms with Gasteiger partial charge in [-0.25, -0.2) is 12.8 Å². The minimum Gasteiger partial charge on any atom is -0.360 e. The molecule has 0 bridgehead atoms. The Morgan fingerprint density at radius 3 is 2.52 bits per heavy atom. The monoisotopic (exact) mass is 304 g/mol. The zero-order valence-corrected chi connectivity index (χ0v) is 11.8. The van der Waals surface area contributed by atoms with Crippen molar-refractivity contribution in [3.8, 4) is 0 Å². The molecule has 1 heterocycles. The standard InChI is InChI=1S/C16H13FO3S/c17-13-6-4-5-12(11-13)16-15(20-16)9-10-21(18,19)14-7-2-1-3-8-14/h1-11,15-16H/b10-9+/t15-,16-/m0/s1. The lowest BCUT2D eigenvalue weighted by Gasteiger charge is -1.97. The molecular formula is C16H13FO3S. The van der Waals surface area contributed by atoms with Gasteiger partial charge < -0.3 is 4.74 Å². The Balaban J connectivity index is 1.72. The first-order valence-corrected chi connectivity index (χ1v) is 8.00. The Morgan fingerprint density at radius 2 is 1.81 bits per heavy atom. The predicted molar refractivity (Wildman–Crippen MR) is 76.8 cm³/mol. The van der Waals surface area contributed by atoms with Crippen LogP contribution in [-0.2, 0) is 14.6 Å². The van der Waals surface area contributed by atoms with E-state index in [4.69, 9.17) is 4.74 Å². The summed E-state index contributed by atoms with van der Waals surface area (Å²) >= 11 is 0. The highest BCUT2D eigenvalue weighted by Gasteiger charge is 2.38. The SMILES string of the molecule is O=S(=O)(/C=C/[C@@H]1O[C@H]1c1cccc(F)c1)c1ccccc1. The second-order valence-corrected chi connectivity index (χ2v) is 6.60. The average molecular weight is 304 g/mol. The van der Waals surface area contributed by atoms with Crippen LogP contribution in [-0.4, -0.2) is 14.5 Å². The number of benzene rings is 2. The molecule has 1 saturated heterocycles. The van der Waals surface area contributed by atoms with E-state index in [1.165, 1.54) is 30.3 Å². The molecule has 108 valence electrons. The van der Waals surface area contributed by atoms with Crippen LogP contribution >= 0.6 is 0 Å². The molecule has 2 aromatic rings. The lowest BCUT2D eigenvalue weighted by atomic mass is 10.1. The Morgan fingerprint density at radius 1 is 1.05 bits per heavy atom. The summed E-state index contributed by atoms with van der Waals surface area (Å²) in [6.45, 7) is 0. The van der Waals surface area contributed by atoms with Gasteiger partial charge in [-0.05, 0) is 35.9 Å². The van der Waals surface area contributed by atoms with Crippen LogP contribution in [0, 0.1) is 5.82 Å². The zero-order chi connectivity index (χ0) is 14.9. The lowest BCUT2D eigenvalue weighted by Crippen LogP contribution is -1.96. The first-order chi connectivity index (χ1) is 10.1. The Labute approximate surface area is 122 Å². The maximum atomic E-state index is 13.1. The third-order valence-electron chi connectivity index (χ3n) is 3.22. The van der Waals surface area contributed by atoms with E-state index in [2.05, 4.69) is 0 Å². The topological polar surface area (TPSA) is 46.7 Å². The van der Waals surface area contributed by atoms with Crippen LogP contribution in [0.15, 0.2) is 71.0 Å². The van der Waals surface area contributed by atoms with E-state index < -0.39 is 9.84 Å². The van der Waals surface area contributed by atoms with E-state index in [-0.39, 0.29) is 22.9 Å². The number of rotatable bonds is 4. The molecule has 0 N–H and O–H groups in total. The fraction of sp³-hybridized carbons (Fsp3) is 0.125. The normalized spacial score (nSPS) is 21.6. The van der Waals surface area contributed by atoms with Crippen LogP contribution < -0.4 is 0 Å². The average Bonchev–Trinajstić information content (AvgIpc) is 3.26. The smallest absolute Gasteiger partial charge is 0.199 e. The van der Waals surface area contributed by atoms with Crippen LogP contribution in [0.1, 0.15) is 11.7 Å². The Hall–Kier alpha value is -1.98. The van der Waals surface area contributed by atoms with E-state index in [1.807, 2.05) is 0 Å². The third kappa shape index (κ3) is 3.20. The van der Waals surface area contributed by atoms with E-state index in [1.54, 1.807) is 30.3 Å². The van der Waals surface area contributed by atoms with Crippen molar-refractivity contribution in [2.45, 2.75) is 17.1 Å². The van der Waals surface area contributed by atoms with Crippen molar-refractivity contribution < 1.29 is 17.5 Å². The third-order valence-corrected chi connectivity index (χ3v) is 4.67. The van der Waals surface area contributed by atoms with Crippen LogP contribution in [0.5, 0.6) is 0 Å². The highest BCUT2D eigenvalue weighted by Crippen LogP contribution is 2.39. The predicted octanol–water partition coefficient (Wildman–Crippen LogP) is 3.25. The molecule has 1 aliphatic heterocycles. The van der Waals surface area contributed by atoms with Crippen molar-refractivity contribution >= 4 is 9.84 Å². The summed E-state index contributed by atoms with van der Waals surface area (Å²) < 4.78 is 42.6. The Kier molecular flexibility index (Phi) is 3.61. The van der Waals surface area contributed by atoms with Crippen molar-refractivity contribution in [3.05, 3.63) is 77.5 Å². The van der Waals surface area contributed by atoms with E-state index in [9.17, 15) is 12.8 Å². The molecule has 0 amide bonds. The van der Waals surface area contributed by atoms with Crippen LogP contribution in [0.25, 0.3) is 0 Å². The van der Waals surface area contributed by atoms with Crippen molar-refractivity contribution in [2.75, 3.05) is 0 Å². The van der Waals surface area contributed by atoms with Gasteiger partial charge in [0.25, 0.3) is 0 Å². The summed E-state index contributed by atoms with van der Waals surface area (Å²) in [6.07, 6.45) is 0.894. The van der Waals surface area contributed by atoms with Gasteiger partial charge in [-0.2, -0.15) is 0 Å². The molecule has 1 aliphatic rings. The molecule has 1 fully saturated rings. The van der Waals surface area contributed by atoms with E-state index in [0.717, 1.165) is 5.41 Å². The largest absolute Gasteiger partial charge is 0.360 e. The molecule has 0 unspecified atom stereocenters. The van der Waals surface area contributed by atoms with Gasteiger partial charge in [0.2, 0.25) is 0 Å². The number of hydrogen-bond donors (Lipinski definition) is 0. The first kappa shape index (κ1) is 14.0. The summed E-state index contributed by atoms with van der Waals surface area (Å²) in [5, 5.41) is 1.15. The van der Waals surface area contributed by atoms with Crippen LogP contribution in [0.4, 0.5) is 4.39 Å². The molecule has 3 nitrogen and oxygen atoms in total. The zero-order valence-electron chi connectivity index (χ0n) is 11.0. The number of halogens is 1. The van der Waals surface area contributed by atoms with E-state index >= 15 is 0 Å². The summed E-state index contributed by atoms with van der Waals surface area (Å²) in [5.74, 6) is -0.331. The molecule has 3 rings (SSSR count). The van der Waals surface area contributed by atoms with Gasteiger partial charge in [0, 0.05) is 5.41 Å². The number of sulfone groups is 1. The van der Waals surface area contributed by atoms with Crippen molar-refractivity contribution in [1.82, 2.24) is 0 Å². The van der Waals surface area contributed by atoms with Crippen LogP contribution in [0.3, 0.4) is 0 Å². The first-order valence-electron chi connectivity index (χ1n) is 6.45. The molecule has 0 aromatic heterocycles. The van der Waals surface area contributed by atoms with Gasteiger partial charge in [0.15, 0.2) is 9.84 Å². The van der Waals surface area contributed by atoms with Gasteiger partial charge in [-0.1, -0.05) is 30.3 Å². The quantitative estimate of drug-likeness (QED) is 0.815. The maximum Gasteiger partial charge on any atom is 0.199 e. The molecule has 2 aromatic carbocycles. The summed E-state index contributed by atoms with van der Waals surface area (Å²) in [6, 6.07) is 14.3. The summed E-state index contributed by atoms with van der Waals surface area (Å²) in [4.78, 5) is 0.240. The highest BCUT2D eigenvalue weighted by molar-refractivity contribution is 7.94. The fourth-order valence-corrected chi connectivity index (χ4v) is 3.15. The van der Waals surface area contributed by atoms with Gasteiger partial charge in [-0.3, -0.25) is 0 Å². The van der Waals surface area contributed by atoms with Gasteiger partial charge in [0.05, 0.1) is 4.90 Å². The Bertz CT molecular complexity index is 769. The maximum absolute atomic E-state index is 13.1. The van der Waals surface area contributed by atoms with Crippen molar-refractivity contribution in [3.63, 3.8) is 0 Å². The lowest BCUT2D eigenvalue weighted by molar-refractivity contribution is 0.393. The van der Waals surface area contributed by atoms with Gasteiger partial charge >= 0.3 is 0 Å². The molecule has 2 atom stereocenters. The molecule has 0 radical (unpaired) electrons. The molecule has 5 heteroatoms. The van der Waals surface area contributed by atoms with Crippen LogP contribution in [0.2, 0.25) is 0 Å². The second-order valence-electron chi connectivity index (χ2n) is 4.76. The fourth-order valence-electron chi connectivity index (χ4n) is 2.09. The molecule has 0 spiro atoms. The summed E-state index contributed by atoms with van der Waals surface area (Å²) in [7, 11) is -3.46. The molecule has 0 aliphatic carbocycles. The van der Waals surface area contributed by atoms with Gasteiger partial charge in [0.1, 0.15) is 18.0 Å². The summed E-state index contributed by atoms with van der Waals surface area (Å²) in [5.41, 5.74) is 0.710.